The van der Waals surface area contributed by atoms with Gasteiger partial charge in [0.2, 0.25) is 0 Å². The molecule has 1 aromatic heterocycles. The Morgan fingerprint density at radius 2 is 1.89 bits per heavy atom. The Hall–Kier alpha value is -1.69. The van der Waals surface area contributed by atoms with Gasteiger partial charge in [-0.2, -0.15) is 13.2 Å². The van der Waals surface area contributed by atoms with Crippen LogP contribution in [0.25, 0.3) is 0 Å². The van der Waals surface area contributed by atoms with Crippen LogP contribution in [-0.4, -0.2) is 9.55 Å². The van der Waals surface area contributed by atoms with Crippen molar-refractivity contribution in [1.29, 1.82) is 0 Å². The zero-order valence-electron chi connectivity index (χ0n) is 9.91. The normalized spacial score (nSPS) is 11.6. The molecule has 0 spiro atoms. The van der Waals surface area contributed by atoms with E-state index in [1.807, 2.05) is 6.92 Å². The van der Waals surface area contributed by atoms with Crippen LogP contribution in [-0.2, 0) is 12.7 Å². The summed E-state index contributed by atoms with van der Waals surface area (Å²) in [6, 6.07) is 4.63. The zero-order valence-corrected chi connectivity index (χ0v) is 10.7. The fraction of sp³-hybridized carbons (Fsp3) is 0.250. The van der Waals surface area contributed by atoms with E-state index < -0.39 is 11.7 Å². The van der Waals surface area contributed by atoms with Crippen molar-refractivity contribution in [2.24, 2.45) is 0 Å². The van der Waals surface area contributed by atoms with Crippen molar-refractivity contribution in [2.75, 3.05) is 0 Å². The van der Waals surface area contributed by atoms with Crippen LogP contribution >= 0.6 is 11.6 Å². The molecule has 0 aliphatic rings. The first-order chi connectivity index (χ1) is 8.91. The Kier molecular flexibility index (Phi) is 3.71. The number of hydrogen-bond acceptors (Lipinski definition) is 2. The highest BCUT2D eigenvalue weighted by Gasteiger charge is 2.30. The highest BCUT2D eigenvalue weighted by molar-refractivity contribution is 6.29. The van der Waals surface area contributed by atoms with Gasteiger partial charge in [0.25, 0.3) is 0 Å². The van der Waals surface area contributed by atoms with Crippen LogP contribution in [0.1, 0.15) is 12.5 Å². The molecule has 2 rings (SSSR count). The number of rotatable bonds is 3. The second kappa shape index (κ2) is 5.13. The molecular weight excluding hydrogens is 281 g/mol. The Balaban J connectivity index is 2.20. The van der Waals surface area contributed by atoms with Crippen LogP contribution in [0.5, 0.6) is 11.8 Å². The number of benzene rings is 1. The second-order valence-electron chi connectivity index (χ2n) is 3.73. The summed E-state index contributed by atoms with van der Waals surface area (Å²) in [7, 11) is 0. The molecule has 0 fully saturated rings. The standard InChI is InChI=1S/C12H10ClF3N2O/c1-2-18-10(13)7-17-11(18)19-9-5-3-8(4-6-9)12(14,15)16/h3-7H,2H2,1H3. The van der Waals surface area contributed by atoms with Crippen LogP contribution in [0, 0.1) is 0 Å². The lowest BCUT2D eigenvalue weighted by Crippen LogP contribution is -2.04. The van der Waals surface area contributed by atoms with Gasteiger partial charge in [-0.05, 0) is 31.2 Å². The topological polar surface area (TPSA) is 27.1 Å². The van der Waals surface area contributed by atoms with Gasteiger partial charge in [0, 0.05) is 6.54 Å². The summed E-state index contributed by atoms with van der Waals surface area (Å²) in [5, 5.41) is 0.407. The van der Waals surface area contributed by atoms with E-state index >= 15 is 0 Å². The number of hydrogen-bond donors (Lipinski definition) is 0. The third-order valence-electron chi connectivity index (χ3n) is 2.48. The molecule has 1 heterocycles. The van der Waals surface area contributed by atoms with Gasteiger partial charge >= 0.3 is 12.2 Å². The summed E-state index contributed by atoms with van der Waals surface area (Å²) in [6.07, 6.45) is -2.94. The first kappa shape index (κ1) is 13.7. The third kappa shape index (κ3) is 3.01. The van der Waals surface area contributed by atoms with Gasteiger partial charge in [0.05, 0.1) is 11.8 Å². The van der Waals surface area contributed by atoms with E-state index in [0.29, 0.717) is 11.7 Å². The number of halogens is 4. The molecule has 2 aromatic rings. The summed E-state index contributed by atoms with van der Waals surface area (Å²) in [4.78, 5) is 3.94. The SMILES string of the molecule is CCn1c(Cl)cnc1Oc1ccc(C(F)(F)F)cc1. The summed E-state index contributed by atoms with van der Waals surface area (Å²) in [6.45, 7) is 2.40. The van der Waals surface area contributed by atoms with Crippen molar-refractivity contribution in [3.8, 4) is 11.8 Å². The summed E-state index contributed by atoms with van der Waals surface area (Å²) >= 11 is 5.87. The molecule has 0 aliphatic heterocycles. The first-order valence-electron chi connectivity index (χ1n) is 5.48. The Morgan fingerprint density at radius 3 is 2.42 bits per heavy atom. The number of nitrogens with zero attached hydrogens (tertiary/aromatic N) is 2. The van der Waals surface area contributed by atoms with E-state index in [2.05, 4.69) is 4.98 Å². The molecule has 1 aromatic carbocycles. The van der Waals surface area contributed by atoms with Gasteiger partial charge in [0.15, 0.2) is 0 Å². The number of aromatic nitrogens is 2. The summed E-state index contributed by atoms with van der Waals surface area (Å²) in [5.41, 5.74) is -0.725. The van der Waals surface area contributed by atoms with E-state index in [1.54, 1.807) is 4.57 Å². The van der Waals surface area contributed by atoms with Gasteiger partial charge in [-0.15, -0.1) is 0 Å². The summed E-state index contributed by atoms with van der Waals surface area (Å²) < 4.78 is 44.2. The van der Waals surface area contributed by atoms with Crippen molar-refractivity contribution in [1.82, 2.24) is 9.55 Å². The predicted molar refractivity (Wildman–Crippen MR) is 64.4 cm³/mol. The van der Waals surface area contributed by atoms with Gasteiger partial charge in [-0.25, -0.2) is 4.98 Å². The number of ether oxygens (including phenoxy) is 1. The maximum Gasteiger partial charge on any atom is 0.416 e. The van der Waals surface area contributed by atoms with Gasteiger partial charge in [-0.1, -0.05) is 11.6 Å². The highest BCUT2D eigenvalue weighted by Crippen LogP contribution is 2.31. The molecule has 0 radical (unpaired) electrons. The lowest BCUT2D eigenvalue weighted by Gasteiger charge is -2.09. The molecule has 0 saturated carbocycles. The lowest BCUT2D eigenvalue weighted by atomic mass is 10.2. The van der Waals surface area contributed by atoms with Gasteiger partial charge < -0.3 is 4.74 Å². The first-order valence-corrected chi connectivity index (χ1v) is 5.85. The minimum Gasteiger partial charge on any atom is -0.425 e. The quantitative estimate of drug-likeness (QED) is 0.839. The molecule has 19 heavy (non-hydrogen) atoms. The Morgan fingerprint density at radius 1 is 1.26 bits per heavy atom. The van der Waals surface area contributed by atoms with Crippen LogP contribution in [0.15, 0.2) is 30.5 Å². The molecule has 0 unspecified atom stereocenters. The number of alkyl halides is 3. The van der Waals surface area contributed by atoms with Crippen LogP contribution in [0.2, 0.25) is 5.15 Å². The zero-order chi connectivity index (χ0) is 14.0. The molecule has 3 nitrogen and oxygen atoms in total. The predicted octanol–water partition coefficient (Wildman–Crippen LogP) is 4.37. The fourth-order valence-electron chi connectivity index (χ4n) is 1.52. The molecule has 7 heteroatoms. The average Bonchev–Trinajstić information content (AvgIpc) is 2.69. The third-order valence-corrected chi connectivity index (χ3v) is 2.78. The van der Waals surface area contributed by atoms with Crippen LogP contribution in [0.4, 0.5) is 13.2 Å². The smallest absolute Gasteiger partial charge is 0.416 e. The lowest BCUT2D eigenvalue weighted by molar-refractivity contribution is -0.137. The molecule has 0 aliphatic carbocycles. The largest absolute Gasteiger partial charge is 0.425 e. The maximum atomic E-state index is 12.4. The minimum atomic E-state index is -4.36. The van der Waals surface area contributed by atoms with Crippen LogP contribution < -0.4 is 4.74 Å². The summed E-state index contributed by atoms with van der Waals surface area (Å²) in [5.74, 6) is 0.268. The van der Waals surface area contributed by atoms with Gasteiger partial charge in [0.1, 0.15) is 10.9 Å². The molecule has 0 bridgehead atoms. The number of imidazole rings is 1. The molecule has 0 amide bonds. The Labute approximate surface area is 112 Å². The second-order valence-corrected chi connectivity index (χ2v) is 4.12. The van der Waals surface area contributed by atoms with E-state index in [-0.39, 0.29) is 11.8 Å². The fourth-order valence-corrected chi connectivity index (χ4v) is 1.76. The molecular formula is C12H10ClF3N2O. The van der Waals surface area contributed by atoms with Gasteiger partial charge in [-0.3, -0.25) is 4.57 Å². The minimum absolute atomic E-state index is 0.243. The molecule has 0 atom stereocenters. The van der Waals surface area contributed by atoms with E-state index in [1.165, 1.54) is 18.3 Å². The molecule has 0 saturated heterocycles. The van der Waals surface area contributed by atoms with Crippen molar-refractivity contribution in [3.63, 3.8) is 0 Å². The molecule has 0 N–H and O–H groups in total. The van der Waals surface area contributed by atoms with E-state index in [0.717, 1.165) is 12.1 Å². The van der Waals surface area contributed by atoms with Crippen molar-refractivity contribution in [3.05, 3.63) is 41.2 Å². The van der Waals surface area contributed by atoms with Crippen LogP contribution in [0.3, 0.4) is 0 Å². The van der Waals surface area contributed by atoms with E-state index in [9.17, 15) is 13.2 Å². The highest BCUT2D eigenvalue weighted by atomic mass is 35.5. The van der Waals surface area contributed by atoms with Crippen molar-refractivity contribution in [2.45, 2.75) is 19.6 Å². The Bertz CT molecular complexity index is 563. The molecule has 102 valence electrons. The van der Waals surface area contributed by atoms with Crippen molar-refractivity contribution < 1.29 is 17.9 Å². The average molecular weight is 291 g/mol. The maximum absolute atomic E-state index is 12.4. The van der Waals surface area contributed by atoms with E-state index in [4.69, 9.17) is 16.3 Å². The monoisotopic (exact) mass is 290 g/mol. The van der Waals surface area contributed by atoms with Crippen molar-refractivity contribution >= 4 is 11.6 Å².